The van der Waals surface area contributed by atoms with Gasteiger partial charge in [-0.1, -0.05) is 0 Å². The van der Waals surface area contributed by atoms with Gasteiger partial charge >= 0.3 is 5.97 Å². The molecule has 6 nitrogen and oxygen atoms in total. The van der Waals surface area contributed by atoms with Crippen molar-refractivity contribution in [1.82, 2.24) is 14.4 Å². The average molecular weight is 178 g/mol. The van der Waals surface area contributed by atoms with E-state index in [-0.39, 0.29) is 17.3 Å². The fourth-order valence-corrected chi connectivity index (χ4v) is 1.06. The van der Waals surface area contributed by atoms with E-state index in [9.17, 15) is 4.79 Å². The molecule has 0 aliphatic carbocycles. The van der Waals surface area contributed by atoms with Crippen LogP contribution in [0.2, 0.25) is 0 Å². The Balaban J connectivity index is 2.81. The first kappa shape index (κ1) is 7.53. The molecule has 66 valence electrons. The van der Waals surface area contributed by atoms with Gasteiger partial charge in [0.1, 0.15) is 5.82 Å². The second-order valence-electron chi connectivity index (χ2n) is 2.44. The zero-order valence-electron chi connectivity index (χ0n) is 6.51. The average Bonchev–Trinajstić information content (AvgIpc) is 2.45. The quantitative estimate of drug-likeness (QED) is 0.641. The highest BCUT2D eigenvalue weighted by atomic mass is 16.4. The van der Waals surface area contributed by atoms with Crippen LogP contribution in [-0.2, 0) is 0 Å². The number of fused-ring (bicyclic) bond motifs is 1. The highest BCUT2D eigenvalue weighted by Gasteiger charge is 2.15. The van der Waals surface area contributed by atoms with Crippen molar-refractivity contribution in [3.8, 4) is 0 Å². The Hall–Kier alpha value is -2.11. The molecule has 0 bridgehead atoms. The van der Waals surface area contributed by atoms with Crippen LogP contribution in [-0.4, -0.2) is 25.4 Å². The molecular formula is C7H6N4O2. The molecule has 2 aromatic heterocycles. The third kappa shape index (κ3) is 0.994. The zero-order valence-corrected chi connectivity index (χ0v) is 6.51. The smallest absolute Gasteiger partial charge is 0.358 e. The number of nitrogens with zero attached hydrogens (tertiary/aromatic N) is 3. The SMILES string of the molecule is Nc1c(C(=O)O)nc2ncccn12. The van der Waals surface area contributed by atoms with Crippen LogP contribution in [0, 0.1) is 0 Å². The summed E-state index contributed by atoms with van der Waals surface area (Å²) in [6.45, 7) is 0. The van der Waals surface area contributed by atoms with Gasteiger partial charge in [0.05, 0.1) is 0 Å². The van der Waals surface area contributed by atoms with Gasteiger partial charge < -0.3 is 10.8 Å². The Labute approximate surface area is 72.6 Å². The molecule has 0 aromatic carbocycles. The summed E-state index contributed by atoms with van der Waals surface area (Å²) in [6.07, 6.45) is 3.13. The third-order valence-corrected chi connectivity index (χ3v) is 1.64. The number of carboxylic acid groups (broad SMARTS) is 1. The lowest BCUT2D eigenvalue weighted by Crippen LogP contribution is -2.02. The summed E-state index contributed by atoms with van der Waals surface area (Å²) in [5, 5.41) is 8.68. The molecular weight excluding hydrogens is 172 g/mol. The summed E-state index contributed by atoms with van der Waals surface area (Å²) in [7, 11) is 0. The summed E-state index contributed by atoms with van der Waals surface area (Å²) in [5.41, 5.74) is 5.35. The number of nitrogen functional groups attached to an aromatic ring is 1. The number of aromatic nitrogens is 3. The largest absolute Gasteiger partial charge is 0.476 e. The predicted octanol–water partition coefficient (Wildman–Crippen LogP) is 0.00970. The highest BCUT2D eigenvalue weighted by molar-refractivity contribution is 5.91. The molecule has 0 spiro atoms. The van der Waals surface area contributed by atoms with Crippen LogP contribution < -0.4 is 5.73 Å². The second-order valence-corrected chi connectivity index (χ2v) is 2.44. The Bertz CT molecular complexity index is 476. The van der Waals surface area contributed by atoms with E-state index in [1.54, 1.807) is 12.3 Å². The normalized spacial score (nSPS) is 10.5. The molecule has 13 heavy (non-hydrogen) atoms. The molecule has 3 N–H and O–H groups in total. The standard InChI is InChI=1S/C7H6N4O2/c8-5-4(6(12)13)10-7-9-2-1-3-11(5)7/h1-3H,8H2,(H,12,13). The van der Waals surface area contributed by atoms with E-state index in [2.05, 4.69) is 9.97 Å². The van der Waals surface area contributed by atoms with E-state index in [1.165, 1.54) is 10.6 Å². The van der Waals surface area contributed by atoms with Gasteiger partial charge in [-0.15, -0.1) is 0 Å². The number of hydrogen-bond donors (Lipinski definition) is 2. The van der Waals surface area contributed by atoms with E-state index < -0.39 is 5.97 Å². The molecule has 0 saturated carbocycles. The minimum atomic E-state index is -1.15. The molecule has 0 fully saturated rings. The molecule has 0 aliphatic rings. The topological polar surface area (TPSA) is 93.5 Å². The molecule has 6 heteroatoms. The van der Waals surface area contributed by atoms with Crippen LogP contribution in [0.1, 0.15) is 10.5 Å². The molecule has 0 saturated heterocycles. The minimum absolute atomic E-state index is 0.0931. The van der Waals surface area contributed by atoms with Crippen molar-refractivity contribution in [3.63, 3.8) is 0 Å². The first-order valence-electron chi connectivity index (χ1n) is 3.52. The molecule has 0 radical (unpaired) electrons. The lowest BCUT2D eigenvalue weighted by molar-refractivity contribution is 0.0692. The van der Waals surface area contributed by atoms with Crippen LogP contribution in [0.15, 0.2) is 18.5 Å². The minimum Gasteiger partial charge on any atom is -0.476 e. The van der Waals surface area contributed by atoms with Crippen LogP contribution in [0.25, 0.3) is 5.78 Å². The Morgan fingerprint density at radius 1 is 1.62 bits per heavy atom. The van der Waals surface area contributed by atoms with Crippen LogP contribution in [0.5, 0.6) is 0 Å². The van der Waals surface area contributed by atoms with Crippen molar-refractivity contribution in [2.45, 2.75) is 0 Å². The van der Waals surface area contributed by atoms with Gasteiger partial charge in [0, 0.05) is 12.4 Å². The van der Waals surface area contributed by atoms with Gasteiger partial charge in [-0.3, -0.25) is 4.40 Å². The number of hydrogen-bond acceptors (Lipinski definition) is 4. The van der Waals surface area contributed by atoms with Crippen LogP contribution in [0.3, 0.4) is 0 Å². The molecule has 2 aromatic rings. The van der Waals surface area contributed by atoms with Gasteiger partial charge in [-0.2, -0.15) is 0 Å². The lowest BCUT2D eigenvalue weighted by Gasteiger charge is -1.92. The molecule has 0 atom stereocenters. The number of aromatic carboxylic acids is 1. The summed E-state index contributed by atoms with van der Waals surface area (Å²) < 4.78 is 1.42. The molecule has 0 unspecified atom stereocenters. The Morgan fingerprint density at radius 2 is 2.38 bits per heavy atom. The summed E-state index contributed by atoms with van der Waals surface area (Å²) in [5.74, 6) is -0.768. The van der Waals surface area contributed by atoms with Crippen LogP contribution >= 0.6 is 0 Å². The predicted molar refractivity (Wildman–Crippen MR) is 44.4 cm³/mol. The zero-order chi connectivity index (χ0) is 9.42. The highest BCUT2D eigenvalue weighted by Crippen LogP contribution is 2.11. The van der Waals surface area contributed by atoms with Gasteiger partial charge in [0.2, 0.25) is 5.78 Å². The number of anilines is 1. The van der Waals surface area contributed by atoms with Gasteiger partial charge in [0.15, 0.2) is 5.69 Å². The summed E-state index contributed by atoms with van der Waals surface area (Å²) in [4.78, 5) is 18.2. The maximum atomic E-state index is 10.6. The lowest BCUT2D eigenvalue weighted by atomic mass is 10.4. The number of nitrogens with two attached hydrogens (primary N) is 1. The fraction of sp³-hybridized carbons (Fsp3) is 0. The van der Waals surface area contributed by atoms with Gasteiger partial charge in [0.25, 0.3) is 0 Å². The van der Waals surface area contributed by atoms with E-state index >= 15 is 0 Å². The third-order valence-electron chi connectivity index (χ3n) is 1.64. The van der Waals surface area contributed by atoms with E-state index in [0.29, 0.717) is 0 Å². The van der Waals surface area contributed by atoms with E-state index in [0.717, 1.165) is 0 Å². The van der Waals surface area contributed by atoms with E-state index in [1.807, 2.05) is 0 Å². The van der Waals surface area contributed by atoms with Crippen molar-refractivity contribution in [1.29, 1.82) is 0 Å². The number of rotatable bonds is 1. The molecule has 0 aliphatic heterocycles. The maximum absolute atomic E-state index is 10.6. The van der Waals surface area contributed by atoms with Crippen molar-refractivity contribution in [2.24, 2.45) is 0 Å². The maximum Gasteiger partial charge on any atom is 0.358 e. The molecule has 2 rings (SSSR count). The van der Waals surface area contributed by atoms with Gasteiger partial charge in [-0.05, 0) is 6.07 Å². The molecule has 2 heterocycles. The van der Waals surface area contributed by atoms with Crippen molar-refractivity contribution >= 4 is 17.6 Å². The number of carboxylic acids is 1. The van der Waals surface area contributed by atoms with Gasteiger partial charge in [-0.25, -0.2) is 14.8 Å². The summed E-state index contributed by atoms with van der Waals surface area (Å²) in [6, 6.07) is 1.65. The number of carbonyl (C=O) groups is 1. The number of imidazole rings is 1. The molecule has 0 amide bonds. The first-order valence-corrected chi connectivity index (χ1v) is 3.52. The summed E-state index contributed by atoms with van der Waals surface area (Å²) >= 11 is 0. The first-order chi connectivity index (χ1) is 6.20. The van der Waals surface area contributed by atoms with Crippen molar-refractivity contribution in [3.05, 3.63) is 24.2 Å². The van der Waals surface area contributed by atoms with Crippen molar-refractivity contribution < 1.29 is 9.90 Å². The fourth-order valence-electron chi connectivity index (χ4n) is 1.06. The van der Waals surface area contributed by atoms with Crippen LogP contribution in [0.4, 0.5) is 5.82 Å². The second kappa shape index (κ2) is 2.44. The monoisotopic (exact) mass is 178 g/mol. The van der Waals surface area contributed by atoms with Crippen molar-refractivity contribution in [2.75, 3.05) is 5.73 Å². The Morgan fingerprint density at radius 3 is 3.00 bits per heavy atom. The van der Waals surface area contributed by atoms with E-state index in [4.69, 9.17) is 10.8 Å². The Kier molecular flexibility index (Phi) is 1.42.